The Morgan fingerprint density at radius 3 is 2.84 bits per heavy atom. The van der Waals surface area contributed by atoms with E-state index in [4.69, 9.17) is 17.0 Å². The van der Waals surface area contributed by atoms with Crippen molar-refractivity contribution in [3.8, 4) is 5.75 Å². The molecule has 2 atom stereocenters. The van der Waals surface area contributed by atoms with Gasteiger partial charge in [0.15, 0.2) is 5.11 Å². The van der Waals surface area contributed by atoms with Crippen LogP contribution in [0.4, 0.5) is 5.69 Å². The molecule has 0 aromatic heterocycles. The van der Waals surface area contributed by atoms with E-state index in [1.165, 1.54) is 19.5 Å². The highest BCUT2D eigenvalue weighted by Crippen LogP contribution is 2.20. The Bertz CT molecular complexity index is 554. The van der Waals surface area contributed by atoms with Gasteiger partial charge in [0.05, 0.1) is 0 Å². The van der Waals surface area contributed by atoms with Crippen molar-refractivity contribution >= 4 is 23.0 Å². The molecule has 1 saturated heterocycles. The van der Waals surface area contributed by atoms with Crippen molar-refractivity contribution in [1.82, 2.24) is 10.2 Å². The number of nitrogens with one attached hydrogen (secondary N) is 2. The van der Waals surface area contributed by atoms with E-state index in [-0.39, 0.29) is 0 Å². The van der Waals surface area contributed by atoms with E-state index in [1.54, 1.807) is 6.08 Å². The number of likely N-dealkylation sites (tertiary alicyclic amines) is 1. The monoisotopic (exact) mass is 361 g/mol. The minimum Gasteiger partial charge on any atom is -0.489 e. The van der Waals surface area contributed by atoms with Gasteiger partial charge in [0.1, 0.15) is 12.4 Å². The van der Waals surface area contributed by atoms with Crippen molar-refractivity contribution in [3.63, 3.8) is 0 Å². The Labute approximate surface area is 157 Å². The molecular weight excluding hydrogens is 330 g/mol. The summed E-state index contributed by atoms with van der Waals surface area (Å²) in [5.41, 5.74) is 0.928. The molecule has 1 aromatic rings. The highest BCUT2D eigenvalue weighted by molar-refractivity contribution is 7.80. The van der Waals surface area contributed by atoms with E-state index in [0.717, 1.165) is 42.8 Å². The number of ether oxygens (including phenoxy) is 1. The summed E-state index contributed by atoms with van der Waals surface area (Å²) < 4.78 is 5.53. The lowest BCUT2D eigenvalue weighted by atomic mass is 9.92. The smallest absolute Gasteiger partial charge is 0.170 e. The number of piperidine rings is 1. The third-order valence-electron chi connectivity index (χ3n) is 4.34. The van der Waals surface area contributed by atoms with E-state index < -0.39 is 0 Å². The van der Waals surface area contributed by atoms with Gasteiger partial charge in [-0.25, -0.2) is 0 Å². The number of nitrogens with zero attached hydrogens (tertiary/aromatic N) is 1. The normalized spacial score (nSPS) is 20.7. The number of thiocarbonyl (C=S) groups is 1. The third-order valence-corrected chi connectivity index (χ3v) is 4.59. The van der Waals surface area contributed by atoms with E-state index in [9.17, 15) is 0 Å². The maximum absolute atomic E-state index is 5.53. The second-order valence-corrected chi connectivity index (χ2v) is 7.48. The summed E-state index contributed by atoms with van der Waals surface area (Å²) in [4.78, 5) is 2.58. The Kier molecular flexibility index (Phi) is 8.22. The zero-order valence-corrected chi connectivity index (χ0v) is 16.3. The molecule has 0 unspecified atom stereocenters. The molecule has 1 aliphatic rings. The molecule has 5 heteroatoms. The first-order chi connectivity index (χ1) is 12.1. The number of hydrogen-bond donors (Lipinski definition) is 2. The lowest BCUT2D eigenvalue weighted by molar-refractivity contribution is 0.140. The summed E-state index contributed by atoms with van der Waals surface area (Å²) in [5.74, 6) is 2.44. The van der Waals surface area contributed by atoms with Gasteiger partial charge in [0, 0.05) is 31.4 Å². The first-order valence-electron chi connectivity index (χ1n) is 9.17. The van der Waals surface area contributed by atoms with E-state index >= 15 is 0 Å². The average molecular weight is 362 g/mol. The summed E-state index contributed by atoms with van der Waals surface area (Å²) in [7, 11) is 0. The quantitative estimate of drug-likeness (QED) is 0.417. The van der Waals surface area contributed by atoms with Gasteiger partial charge in [-0.05, 0) is 55.6 Å². The molecule has 1 aliphatic heterocycles. The molecule has 2 rings (SSSR count). The van der Waals surface area contributed by atoms with Crippen LogP contribution in [0.3, 0.4) is 0 Å². The highest BCUT2D eigenvalue weighted by Gasteiger charge is 2.20. The Hall–Kier alpha value is -1.59. The lowest BCUT2D eigenvalue weighted by Crippen LogP contribution is -2.40. The fourth-order valence-electron chi connectivity index (χ4n) is 3.47. The maximum atomic E-state index is 5.53. The molecule has 0 bridgehead atoms. The second-order valence-electron chi connectivity index (χ2n) is 7.07. The van der Waals surface area contributed by atoms with Crippen LogP contribution in [0.25, 0.3) is 0 Å². The van der Waals surface area contributed by atoms with Crippen LogP contribution < -0.4 is 15.4 Å². The van der Waals surface area contributed by atoms with Crippen molar-refractivity contribution in [2.75, 3.05) is 38.1 Å². The van der Waals surface area contributed by atoms with Crippen LogP contribution >= 0.6 is 12.2 Å². The predicted octanol–water partition coefficient (Wildman–Crippen LogP) is 3.91. The van der Waals surface area contributed by atoms with Crippen molar-refractivity contribution in [1.29, 1.82) is 0 Å². The van der Waals surface area contributed by atoms with E-state index in [2.05, 4.69) is 36.0 Å². The van der Waals surface area contributed by atoms with Crippen LogP contribution in [0.5, 0.6) is 5.75 Å². The molecule has 2 N–H and O–H groups in total. The van der Waals surface area contributed by atoms with Gasteiger partial charge in [0.2, 0.25) is 0 Å². The Morgan fingerprint density at radius 2 is 2.12 bits per heavy atom. The second kappa shape index (κ2) is 10.4. The summed E-state index contributed by atoms with van der Waals surface area (Å²) in [6, 6.07) is 7.78. The topological polar surface area (TPSA) is 36.5 Å². The zero-order chi connectivity index (χ0) is 18.1. The zero-order valence-electron chi connectivity index (χ0n) is 15.5. The van der Waals surface area contributed by atoms with Gasteiger partial charge >= 0.3 is 0 Å². The first kappa shape index (κ1) is 19.7. The van der Waals surface area contributed by atoms with E-state index in [0.29, 0.717) is 11.7 Å². The number of anilines is 1. The van der Waals surface area contributed by atoms with Crippen LogP contribution in [0.15, 0.2) is 36.9 Å². The number of rotatable bonds is 8. The molecule has 1 fully saturated rings. The lowest BCUT2D eigenvalue weighted by Gasteiger charge is -2.35. The summed E-state index contributed by atoms with van der Waals surface area (Å²) >= 11 is 5.38. The first-order valence-corrected chi connectivity index (χ1v) is 9.58. The molecule has 1 aromatic carbocycles. The van der Waals surface area contributed by atoms with Crippen molar-refractivity contribution in [2.45, 2.75) is 26.7 Å². The Morgan fingerprint density at radius 1 is 1.36 bits per heavy atom. The molecule has 0 radical (unpaired) electrons. The molecule has 25 heavy (non-hydrogen) atoms. The maximum Gasteiger partial charge on any atom is 0.170 e. The molecule has 0 amide bonds. The molecular formula is C20H31N3OS. The third kappa shape index (κ3) is 7.45. The van der Waals surface area contributed by atoms with Crippen LogP contribution in [0.2, 0.25) is 0 Å². The van der Waals surface area contributed by atoms with Crippen molar-refractivity contribution < 1.29 is 4.74 Å². The molecule has 0 aliphatic carbocycles. The van der Waals surface area contributed by atoms with Crippen molar-refractivity contribution in [3.05, 3.63) is 36.9 Å². The standard InChI is InChI=1S/C20H31N3OS/c1-4-11-24-19-8-5-7-18(13-19)22-20(25)21-9-6-10-23-14-16(2)12-17(3)15-23/h4-5,7-8,13,16-17H,1,6,9-12,14-15H2,2-3H3,(H2,21,22,25)/t16-,17+. The number of benzene rings is 1. The largest absolute Gasteiger partial charge is 0.489 e. The van der Waals surface area contributed by atoms with Gasteiger partial charge in [0.25, 0.3) is 0 Å². The fraction of sp³-hybridized carbons (Fsp3) is 0.550. The predicted molar refractivity (Wildman–Crippen MR) is 110 cm³/mol. The van der Waals surface area contributed by atoms with E-state index in [1.807, 2.05) is 24.3 Å². The molecule has 4 nitrogen and oxygen atoms in total. The van der Waals surface area contributed by atoms with Crippen LogP contribution in [0.1, 0.15) is 26.7 Å². The summed E-state index contributed by atoms with van der Waals surface area (Å²) in [6.07, 6.45) is 4.19. The summed E-state index contributed by atoms with van der Waals surface area (Å²) in [5, 5.41) is 7.16. The van der Waals surface area contributed by atoms with Crippen molar-refractivity contribution in [2.24, 2.45) is 11.8 Å². The molecule has 1 heterocycles. The SMILES string of the molecule is C=CCOc1cccc(NC(=S)NCCCN2C[C@H](C)C[C@H](C)C2)c1. The van der Waals surface area contributed by atoms with Gasteiger partial charge in [-0.3, -0.25) is 0 Å². The van der Waals surface area contributed by atoms with Gasteiger partial charge < -0.3 is 20.3 Å². The molecule has 138 valence electrons. The highest BCUT2D eigenvalue weighted by atomic mass is 32.1. The summed E-state index contributed by atoms with van der Waals surface area (Å²) in [6.45, 7) is 13.3. The van der Waals surface area contributed by atoms with Gasteiger partial charge in [-0.1, -0.05) is 32.6 Å². The van der Waals surface area contributed by atoms with Crippen LogP contribution in [-0.2, 0) is 0 Å². The minimum atomic E-state index is 0.500. The number of hydrogen-bond acceptors (Lipinski definition) is 3. The van der Waals surface area contributed by atoms with Gasteiger partial charge in [-0.15, -0.1) is 0 Å². The van der Waals surface area contributed by atoms with Gasteiger partial charge in [-0.2, -0.15) is 0 Å². The Balaban J connectivity index is 1.66. The molecule has 0 saturated carbocycles. The minimum absolute atomic E-state index is 0.500. The average Bonchev–Trinajstić information content (AvgIpc) is 2.56. The van der Waals surface area contributed by atoms with Crippen LogP contribution in [-0.4, -0.2) is 42.8 Å². The molecule has 0 spiro atoms. The fourth-order valence-corrected chi connectivity index (χ4v) is 3.69. The van der Waals surface area contributed by atoms with Crippen LogP contribution in [0, 0.1) is 11.8 Å².